The number of piperidine rings is 1. The number of rotatable bonds is 2. The Kier molecular flexibility index (Phi) is 3.52. The predicted molar refractivity (Wildman–Crippen MR) is 81.4 cm³/mol. The van der Waals surface area contributed by atoms with E-state index in [-0.39, 0.29) is 0 Å². The Balaban J connectivity index is 1.91. The number of hydrogen-bond donors (Lipinski definition) is 0. The zero-order valence-electron chi connectivity index (χ0n) is 11.2. The fraction of sp³-hybridized carbons (Fsp3) is 0.375. The van der Waals surface area contributed by atoms with E-state index in [1.165, 1.54) is 24.9 Å². The maximum absolute atomic E-state index is 6.49. The van der Waals surface area contributed by atoms with Crippen molar-refractivity contribution in [3.63, 3.8) is 0 Å². The molecule has 0 radical (unpaired) electrons. The van der Waals surface area contributed by atoms with Crippen LogP contribution in [0.5, 0.6) is 0 Å². The van der Waals surface area contributed by atoms with E-state index in [0.29, 0.717) is 6.04 Å². The summed E-state index contributed by atoms with van der Waals surface area (Å²) in [4.78, 5) is 2.44. The van der Waals surface area contributed by atoms with E-state index >= 15 is 0 Å². The zero-order valence-corrected chi connectivity index (χ0v) is 12.0. The number of nitrogens with zero attached hydrogens (tertiary/aromatic N) is 2. The van der Waals surface area contributed by atoms with Crippen LogP contribution < -0.4 is 4.90 Å². The Morgan fingerprint density at radius 2 is 1.95 bits per heavy atom. The molecule has 0 bridgehead atoms. The minimum absolute atomic E-state index is 0.587. The maximum Gasteiger partial charge on any atom is 0.0660 e. The highest BCUT2D eigenvalue weighted by Gasteiger charge is 2.20. The highest BCUT2D eigenvalue weighted by molar-refractivity contribution is 6.33. The molecule has 0 spiro atoms. The van der Waals surface area contributed by atoms with Gasteiger partial charge in [0.2, 0.25) is 0 Å². The molecule has 2 nitrogen and oxygen atoms in total. The minimum Gasteiger partial charge on any atom is -0.368 e. The average molecular weight is 275 g/mol. The molecular formula is C16H19ClN2. The maximum atomic E-state index is 6.49. The van der Waals surface area contributed by atoms with Gasteiger partial charge in [-0.05, 0) is 56.5 Å². The topological polar surface area (TPSA) is 8.17 Å². The molecule has 1 aromatic carbocycles. The van der Waals surface area contributed by atoms with Crippen molar-refractivity contribution in [2.24, 2.45) is 0 Å². The number of benzene rings is 1. The van der Waals surface area contributed by atoms with Gasteiger partial charge < -0.3 is 9.47 Å². The molecule has 1 aliphatic heterocycles. The Hall–Kier alpha value is -1.41. The van der Waals surface area contributed by atoms with Crippen LogP contribution in [0.25, 0.3) is 5.69 Å². The molecule has 1 aliphatic rings. The molecule has 1 aromatic heterocycles. The SMILES string of the molecule is C[C@H]1CCCCN1c1ccc(-n2cccc2)cc1Cl. The molecular weight excluding hydrogens is 256 g/mol. The molecule has 3 heteroatoms. The molecule has 100 valence electrons. The normalized spacial score (nSPS) is 19.7. The van der Waals surface area contributed by atoms with Crippen molar-refractivity contribution in [3.8, 4) is 5.69 Å². The lowest BCUT2D eigenvalue weighted by molar-refractivity contribution is 0.485. The smallest absolute Gasteiger partial charge is 0.0660 e. The van der Waals surface area contributed by atoms with Gasteiger partial charge >= 0.3 is 0 Å². The van der Waals surface area contributed by atoms with Gasteiger partial charge in [0.15, 0.2) is 0 Å². The van der Waals surface area contributed by atoms with Gasteiger partial charge in [0.25, 0.3) is 0 Å². The van der Waals surface area contributed by atoms with Gasteiger partial charge in [-0.25, -0.2) is 0 Å². The Morgan fingerprint density at radius 3 is 2.63 bits per heavy atom. The number of hydrogen-bond acceptors (Lipinski definition) is 1. The zero-order chi connectivity index (χ0) is 13.2. The van der Waals surface area contributed by atoms with Crippen molar-refractivity contribution in [1.82, 2.24) is 4.57 Å². The molecule has 3 rings (SSSR count). The highest BCUT2D eigenvalue weighted by Crippen LogP contribution is 2.32. The predicted octanol–water partition coefficient (Wildman–Crippen LogP) is 4.51. The first-order chi connectivity index (χ1) is 9.25. The summed E-state index contributed by atoms with van der Waals surface area (Å²) >= 11 is 6.49. The van der Waals surface area contributed by atoms with Gasteiger partial charge in [-0.15, -0.1) is 0 Å². The second-order valence-electron chi connectivity index (χ2n) is 5.26. The molecule has 1 fully saturated rings. The molecule has 0 unspecified atom stereocenters. The van der Waals surface area contributed by atoms with Crippen LogP contribution in [0.3, 0.4) is 0 Å². The molecule has 1 saturated heterocycles. The van der Waals surface area contributed by atoms with E-state index in [0.717, 1.165) is 17.3 Å². The number of halogens is 1. The van der Waals surface area contributed by atoms with Crippen LogP contribution in [0.15, 0.2) is 42.7 Å². The third-order valence-corrected chi connectivity index (χ3v) is 4.25. The summed E-state index contributed by atoms with van der Waals surface area (Å²) in [6.07, 6.45) is 7.93. The van der Waals surface area contributed by atoms with E-state index in [1.54, 1.807) is 0 Å². The third-order valence-electron chi connectivity index (χ3n) is 3.95. The van der Waals surface area contributed by atoms with E-state index < -0.39 is 0 Å². The van der Waals surface area contributed by atoms with Crippen LogP contribution >= 0.6 is 11.6 Å². The van der Waals surface area contributed by atoms with E-state index in [1.807, 2.05) is 24.5 Å². The summed E-state index contributed by atoms with van der Waals surface area (Å²) in [5.41, 5.74) is 2.29. The van der Waals surface area contributed by atoms with Crippen molar-refractivity contribution in [3.05, 3.63) is 47.7 Å². The summed E-state index contributed by atoms with van der Waals surface area (Å²) in [6.45, 7) is 3.40. The fourth-order valence-electron chi connectivity index (χ4n) is 2.85. The van der Waals surface area contributed by atoms with Crippen LogP contribution in [0.1, 0.15) is 26.2 Å². The Bertz CT molecular complexity index is 548. The van der Waals surface area contributed by atoms with Gasteiger partial charge in [0, 0.05) is 30.7 Å². The summed E-state index contributed by atoms with van der Waals surface area (Å²) < 4.78 is 2.08. The van der Waals surface area contributed by atoms with Gasteiger partial charge in [-0.3, -0.25) is 0 Å². The summed E-state index contributed by atoms with van der Waals surface area (Å²) in [5, 5.41) is 0.847. The second kappa shape index (κ2) is 5.30. The van der Waals surface area contributed by atoms with Gasteiger partial charge in [0.05, 0.1) is 10.7 Å². The number of anilines is 1. The first-order valence-corrected chi connectivity index (χ1v) is 7.33. The highest BCUT2D eigenvalue weighted by atomic mass is 35.5. The molecule has 0 saturated carbocycles. The fourth-order valence-corrected chi connectivity index (χ4v) is 3.14. The molecule has 2 heterocycles. The molecule has 1 atom stereocenters. The summed E-state index contributed by atoms with van der Waals surface area (Å²) in [6, 6.07) is 11.0. The van der Waals surface area contributed by atoms with Gasteiger partial charge in [-0.1, -0.05) is 11.6 Å². The lowest BCUT2D eigenvalue weighted by atomic mass is 10.0. The van der Waals surface area contributed by atoms with Crippen molar-refractivity contribution >= 4 is 17.3 Å². The van der Waals surface area contributed by atoms with E-state index in [9.17, 15) is 0 Å². The van der Waals surface area contributed by atoms with Crippen molar-refractivity contribution in [1.29, 1.82) is 0 Å². The Labute approximate surface area is 119 Å². The minimum atomic E-state index is 0.587. The quantitative estimate of drug-likeness (QED) is 0.782. The largest absolute Gasteiger partial charge is 0.368 e. The summed E-state index contributed by atoms with van der Waals surface area (Å²) in [5.74, 6) is 0. The van der Waals surface area contributed by atoms with Gasteiger partial charge in [-0.2, -0.15) is 0 Å². The lowest BCUT2D eigenvalue weighted by Gasteiger charge is -2.36. The monoisotopic (exact) mass is 274 g/mol. The molecule has 19 heavy (non-hydrogen) atoms. The van der Waals surface area contributed by atoms with Gasteiger partial charge in [0.1, 0.15) is 0 Å². The molecule has 0 amide bonds. The van der Waals surface area contributed by atoms with Crippen LogP contribution in [-0.2, 0) is 0 Å². The third kappa shape index (κ3) is 2.50. The average Bonchev–Trinajstić information content (AvgIpc) is 2.94. The van der Waals surface area contributed by atoms with Crippen LogP contribution in [0.2, 0.25) is 5.02 Å². The van der Waals surface area contributed by atoms with Crippen LogP contribution in [-0.4, -0.2) is 17.2 Å². The van der Waals surface area contributed by atoms with E-state index in [2.05, 4.69) is 34.6 Å². The van der Waals surface area contributed by atoms with Crippen molar-refractivity contribution < 1.29 is 0 Å². The number of aromatic nitrogens is 1. The van der Waals surface area contributed by atoms with Crippen LogP contribution in [0.4, 0.5) is 5.69 Å². The molecule has 0 N–H and O–H groups in total. The van der Waals surface area contributed by atoms with Crippen molar-refractivity contribution in [2.75, 3.05) is 11.4 Å². The summed E-state index contributed by atoms with van der Waals surface area (Å²) in [7, 11) is 0. The second-order valence-corrected chi connectivity index (χ2v) is 5.67. The Morgan fingerprint density at radius 1 is 1.16 bits per heavy atom. The first kappa shape index (κ1) is 12.6. The van der Waals surface area contributed by atoms with Crippen molar-refractivity contribution in [2.45, 2.75) is 32.2 Å². The molecule has 0 aliphatic carbocycles. The standard InChI is InChI=1S/C16H19ClN2/c1-13-6-2-3-11-19(13)16-8-7-14(12-15(16)17)18-9-4-5-10-18/h4-5,7-10,12-13H,2-3,6,11H2,1H3/t13-/m0/s1. The van der Waals surface area contributed by atoms with Crippen LogP contribution in [0, 0.1) is 0 Å². The first-order valence-electron chi connectivity index (χ1n) is 6.95. The van der Waals surface area contributed by atoms with E-state index in [4.69, 9.17) is 11.6 Å². The molecule has 2 aromatic rings. The lowest BCUT2D eigenvalue weighted by Crippen LogP contribution is -2.37.